The van der Waals surface area contributed by atoms with Crippen molar-refractivity contribution in [3.8, 4) is 67.8 Å². The molecule has 17 rings (SSSR count). The van der Waals surface area contributed by atoms with Gasteiger partial charge in [0, 0.05) is 75.6 Å². The van der Waals surface area contributed by atoms with E-state index in [0.717, 1.165) is 78.6 Å². The number of thiophene rings is 1. The minimum atomic E-state index is 0.914. The van der Waals surface area contributed by atoms with E-state index < -0.39 is 0 Å². The average Bonchev–Trinajstić information content (AvgIpc) is 4.52. The first-order valence-corrected chi connectivity index (χ1v) is 28.3. The second kappa shape index (κ2) is 18.0. The zero-order valence-electron chi connectivity index (χ0n) is 43.6. The van der Waals surface area contributed by atoms with Gasteiger partial charge in [-0.25, -0.2) is 9.97 Å². The first-order valence-electron chi connectivity index (χ1n) is 27.5. The quantitative estimate of drug-likeness (QED) is 0.152. The monoisotopic (exact) mass is 1050 g/mol. The van der Waals surface area contributed by atoms with E-state index >= 15 is 0 Å². The molecule has 0 N–H and O–H groups in total. The zero-order valence-corrected chi connectivity index (χ0v) is 44.5. The Hall–Kier alpha value is -10.6. The summed E-state index contributed by atoms with van der Waals surface area (Å²) in [5.41, 5.74) is 20.0. The van der Waals surface area contributed by atoms with E-state index in [1.54, 1.807) is 0 Å². The summed E-state index contributed by atoms with van der Waals surface area (Å²) in [4.78, 5) is 10.4. The Morgan fingerprint density at radius 1 is 0.235 bits per heavy atom. The van der Waals surface area contributed by atoms with E-state index in [9.17, 15) is 0 Å². The lowest BCUT2D eigenvalue weighted by molar-refractivity contribution is 1.10. The van der Waals surface area contributed by atoms with Crippen LogP contribution in [0.1, 0.15) is 0 Å². The first kappa shape index (κ1) is 45.4. The molecule has 12 aromatic carbocycles. The summed E-state index contributed by atoms with van der Waals surface area (Å²) in [6.07, 6.45) is 0. The van der Waals surface area contributed by atoms with Gasteiger partial charge in [-0.15, -0.1) is 11.3 Å². The molecule has 0 aliphatic heterocycles. The number of rotatable bonds is 8. The van der Waals surface area contributed by atoms with E-state index in [1.165, 1.54) is 75.0 Å². The molecule has 0 radical (unpaired) electrons. The summed E-state index contributed by atoms with van der Waals surface area (Å²) in [7, 11) is 0. The van der Waals surface area contributed by atoms with Crippen molar-refractivity contribution in [2.75, 3.05) is 0 Å². The Labute approximate surface area is 469 Å². The van der Waals surface area contributed by atoms with E-state index in [0.29, 0.717) is 0 Å². The molecular formula is C74H46N6S. The van der Waals surface area contributed by atoms with Crippen molar-refractivity contribution >= 4 is 97.2 Å². The van der Waals surface area contributed by atoms with Crippen LogP contribution in [0.2, 0.25) is 0 Å². The molecule has 7 heteroatoms. The van der Waals surface area contributed by atoms with Crippen LogP contribution in [0.25, 0.3) is 154 Å². The number of imidazole rings is 2. The maximum atomic E-state index is 5.21. The van der Waals surface area contributed by atoms with Crippen molar-refractivity contribution in [2.24, 2.45) is 0 Å². The van der Waals surface area contributed by atoms with Crippen LogP contribution < -0.4 is 0 Å². The van der Waals surface area contributed by atoms with E-state index in [-0.39, 0.29) is 0 Å². The molecule has 0 spiro atoms. The van der Waals surface area contributed by atoms with E-state index in [4.69, 9.17) is 9.97 Å². The van der Waals surface area contributed by atoms with Crippen LogP contribution in [0, 0.1) is 0 Å². The third-order valence-corrected chi connectivity index (χ3v) is 17.6. The Bertz CT molecular complexity index is 4970. The van der Waals surface area contributed by atoms with Gasteiger partial charge in [0.1, 0.15) is 11.6 Å². The molecule has 6 nitrogen and oxygen atoms in total. The molecule has 0 unspecified atom stereocenters. The minimum absolute atomic E-state index is 0.914. The molecule has 0 bridgehead atoms. The fourth-order valence-corrected chi connectivity index (χ4v) is 14.1. The van der Waals surface area contributed by atoms with Gasteiger partial charge in [-0.3, -0.25) is 9.13 Å². The fraction of sp³-hybridized carbons (Fsp3) is 0. The normalized spacial score (nSPS) is 12.0. The highest BCUT2D eigenvalue weighted by Crippen LogP contribution is 2.49. The van der Waals surface area contributed by atoms with Gasteiger partial charge in [-0.1, -0.05) is 146 Å². The van der Waals surface area contributed by atoms with Gasteiger partial charge < -0.3 is 9.13 Å². The van der Waals surface area contributed by atoms with Crippen molar-refractivity contribution < 1.29 is 0 Å². The van der Waals surface area contributed by atoms with E-state index in [2.05, 4.69) is 297 Å². The van der Waals surface area contributed by atoms with Gasteiger partial charge in [0.05, 0.1) is 44.1 Å². The third kappa shape index (κ3) is 7.05. The van der Waals surface area contributed by atoms with Crippen LogP contribution in [0.15, 0.2) is 279 Å². The van der Waals surface area contributed by atoms with Gasteiger partial charge in [0.2, 0.25) is 0 Å². The standard InChI is InChI=1S/C74H46N6S/c1-5-17-47(18-6-1)51-33-41-63-59(45-51)69-67(77(63)55-35-29-49(30-36-55)73-75-61-25-13-15-27-65(61)79(73)53-21-9-3-10-22-53)43-39-57-58-40-44-68-70(72(58)81-71(57)69)60-46-52(48-19-7-2-8-20-48)34-42-64(60)78(68)56-37-31-50(32-38-56)74-76-62-26-14-16-28-66(62)80(74)54-23-11-4-12-24-54/h1-46H. The number of aromatic nitrogens is 6. The second-order valence-corrected chi connectivity index (χ2v) is 21.9. The van der Waals surface area contributed by atoms with Crippen molar-refractivity contribution in [3.63, 3.8) is 0 Å². The van der Waals surface area contributed by atoms with Crippen molar-refractivity contribution in [3.05, 3.63) is 279 Å². The molecule has 0 saturated carbocycles. The van der Waals surface area contributed by atoms with Gasteiger partial charge in [-0.05, 0) is 156 Å². The number of para-hydroxylation sites is 6. The molecule has 5 aromatic heterocycles. The SMILES string of the molecule is c1ccc(-c2ccc3c(c2)c2c4sc5c(ccc6c5c5cc(-c7ccccc7)ccc5n6-c5ccc(-c6nc7ccccc7n6-c6ccccc6)cc5)c4ccc2n3-c2ccc(-c3nc4ccccc4n3-c3ccccc3)cc2)cc1. The number of fused-ring (bicyclic) bond motifs is 13. The fourth-order valence-electron chi connectivity index (χ4n) is 12.7. The third-order valence-electron chi connectivity index (χ3n) is 16.4. The summed E-state index contributed by atoms with van der Waals surface area (Å²) in [6.45, 7) is 0. The molecule has 5 heterocycles. The highest BCUT2D eigenvalue weighted by atomic mass is 32.1. The predicted octanol–water partition coefficient (Wildman–Crippen LogP) is 19.6. The molecular weight excluding hydrogens is 1000 g/mol. The first-order chi connectivity index (χ1) is 40.2. The zero-order chi connectivity index (χ0) is 53.1. The van der Waals surface area contributed by atoms with Gasteiger partial charge in [0.25, 0.3) is 0 Å². The van der Waals surface area contributed by atoms with Crippen LogP contribution in [0.4, 0.5) is 0 Å². The second-order valence-electron chi connectivity index (χ2n) is 20.9. The van der Waals surface area contributed by atoms with E-state index in [1.807, 2.05) is 11.3 Å². The van der Waals surface area contributed by atoms with Crippen LogP contribution in [0.3, 0.4) is 0 Å². The number of benzene rings is 12. The molecule has 81 heavy (non-hydrogen) atoms. The van der Waals surface area contributed by atoms with Gasteiger partial charge in [-0.2, -0.15) is 0 Å². The summed E-state index contributed by atoms with van der Waals surface area (Å²) in [5.74, 6) is 1.83. The lowest BCUT2D eigenvalue weighted by Crippen LogP contribution is -1.98. The van der Waals surface area contributed by atoms with Crippen molar-refractivity contribution in [2.45, 2.75) is 0 Å². The van der Waals surface area contributed by atoms with Crippen molar-refractivity contribution in [1.29, 1.82) is 0 Å². The largest absolute Gasteiger partial charge is 0.309 e. The lowest BCUT2D eigenvalue weighted by atomic mass is 10.0. The Balaban J connectivity index is 0.873. The lowest BCUT2D eigenvalue weighted by Gasteiger charge is -2.12. The molecule has 0 aliphatic rings. The molecule has 378 valence electrons. The summed E-state index contributed by atoms with van der Waals surface area (Å²) in [5, 5.41) is 7.49. The summed E-state index contributed by atoms with van der Waals surface area (Å²) >= 11 is 1.92. The number of hydrogen-bond acceptors (Lipinski definition) is 3. The highest BCUT2D eigenvalue weighted by molar-refractivity contribution is 7.27. The topological polar surface area (TPSA) is 45.5 Å². The average molecular weight is 1050 g/mol. The maximum Gasteiger partial charge on any atom is 0.145 e. The number of nitrogens with zero attached hydrogens (tertiary/aromatic N) is 6. The van der Waals surface area contributed by atoms with Gasteiger partial charge >= 0.3 is 0 Å². The maximum absolute atomic E-state index is 5.21. The van der Waals surface area contributed by atoms with Crippen LogP contribution in [-0.4, -0.2) is 28.2 Å². The summed E-state index contributed by atoms with van der Waals surface area (Å²) < 4.78 is 12.0. The molecule has 0 saturated heterocycles. The Morgan fingerprint density at radius 2 is 0.580 bits per heavy atom. The molecule has 17 aromatic rings. The molecule has 0 fully saturated rings. The molecule has 0 aliphatic carbocycles. The predicted molar refractivity (Wildman–Crippen MR) is 339 cm³/mol. The van der Waals surface area contributed by atoms with Crippen molar-refractivity contribution in [1.82, 2.24) is 28.2 Å². The minimum Gasteiger partial charge on any atom is -0.309 e. The molecule has 0 amide bonds. The molecule has 0 atom stereocenters. The highest BCUT2D eigenvalue weighted by Gasteiger charge is 2.24. The van der Waals surface area contributed by atoms with Crippen LogP contribution in [-0.2, 0) is 0 Å². The Kier molecular flexibility index (Phi) is 10.1. The van der Waals surface area contributed by atoms with Gasteiger partial charge in [0.15, 0.2) is 0 Å². The van der Waals surface area contributed by atoms with Crippen LogP contribution >= 0.6 is 11.3 Å². The van der Waals surface area contributed by atoms with Crippen LogP contribution in [0.5, 0.6) is 0 Å². The number of hydrogen-bond donors (Lipinski definition) is 0. The Morgan fingerprint density at radius 3 is 1.00 bits per heavy atom. The summed E-state index contributed by atoms with van der Waals surface area (Å²) in [6, 6.07) is 101. The smallest absolute Gasteiger partial charge is 0.145 e.